The van der Waals surface area contributed by atoms with Gasteiger partial charge in [0, 0.05) is 22.4 Å². The van der Waals surface area contributed by atoms with E-state index in [0.29, 0.717) is 21.7 Å². The number of hydrogen-bond acceptors (Lipinski definition) is 6. The van der Waals surface area contributed by atoms with Gasteiger partial charge < -0.3 is 9.87 Å². The lowest BCUT2D eigenvalue weighted by Gasteiger charge is -2.15. The van der Waals surface area contributed by atoms with Crippen molar-refractivity contribution in [3.8, 4) is 21.1 Å². The zero-order valence-corrected chi connectivity index (χ0v) is 24.2. The van der Waals surface area contributed by atoms with Gasteiger partial charge >= 0.3 is 0 Å². The molecule has 1 amide bonds. The van der Waals surface area contributed by atoms with Crippen molar-refractivity contribution in [3.05, 3.63) is 84.0 Å². The van der Waals surface area contributed by atoms with Crippen LogP contribution in [0.4, 0.5) is 5.69 Å². The molecular weight excluding hydrogens is 593 g/mol. The molecule has 3 atom stereocenters. The number of carbonyl (C=O) groups is 1. The normalized spacial score (nSPS) is 17.9. The van der Waals surface area contributed by atoms with Crippen LogP contribution in [-0.4, -0.2) is 35.4 Å². The van der Waals surface area contributed by atoms with E-state index in [9.17, 15) is 13.6 Å². The number of rotatable bonds is 5. The Hall–Kier alpha value is -2.92. The van der Waals surface area contributed by atoms with E-state index in [1.807, 2.05) is 61.5 Å². The van der Waals surface area contributed by atoms with E-state index in [0.717, 1.165) is 41.6 Å². The minimum atomic E-state index is -2.08. The Morgan fingerprint density at radius 2 is 1.64 bits per heavy atom. The van der Waals surface area contributed by atoms with Crippen molar-refractivity contribution in [3.63, 3.8) is 0 Å². The molecular formula is C28H19Cl2N3O3S3. The van der Waals surface area contributed by atoms with Crippen LogP contribution >= 0.6 is 45.9 Å². The first kappa shape index (κ1) is 26.3. The zero-order chi connectivity index (χ0) is 27.3. The molecule has 0 saturated carbocycles. The van der Waals surface area contributed by atoms with Crippen LogP contribution in [0, 0.1) is 6.92 Å². The number of aryl methyl sites for hydroxylation is 1. The predicted octanol–water partition coefficient (Wildman–Crippen LogP) is 7.78. The molecule has 2 heterocycles. The number of hydrogen-bond donors (Lipinski definition) is 2. The van der Waals surface area contributed by atoms with Gasteiger partial charge in [0.15, 0.2) is 11.1 Å². The van der Waals surface area contributed by atoms with Crippen LogP contribution in [0.15, 0.2) is 83.3 Å². The fraction of sp³-hybridized carbons (Fsp3) is 0.107. The average molecular weight is 613 g/mol. The second-order valence-corrected chi connectivity index (χ2v) is 12.9. The van der Waals surface area contributed by atoms with Crippen LogP contribution in [0.25, 0.3) is 41.6 Å². The molecule has 0 aliphatic heterocycles. The van der Waals surface area contributed by atoms with Gasteiger partial charge in [0.05, 0.1) is 36.1 Å². The Bertz CT molecular complexity index is 1840. The van der Waals surface area contributed by atoms with Crippen molar-refractivity contribution >= 4 is 89.0 Å². The second-order valence-electron chi connectivity index (χ2n) is 8.93. The van der Waals surface area contributed by atoms with Gasteiger partial charge in [-0.15, -0.1) is 45.9 Å². The highest BCUT2D eigenvalue weighted by Crippen LogP contribution is 2.38. The largest absolute Gasteiger partial charge is 0.322 e. The minimum Gasteiger partial charge on any atom is -0.322 e. The van der Waals surface area contributed by atoms with Crippen LogP contribution in [0.2, 0.25) is 0 Å². The predicted molar refractivity (Wildman–Crippen MR) is 163 cm³/mol. The summed E-state index contributed by atoms with van der Waals surface area (Å²) in [4.78, 5) is 22.5. The van der Waals surface area contributed by atoms with Crippen molar-refractivity contribution in [1.82, 2.24) is 9.97 Å². The summed E-state index contributed by atoms with van der Waals surface area (Å²) in [6.07, 6.45) is 5.04. The Kier molecular flexibility index (Phi) is 7.13. The molecule has 6 rings (SSSR count). The summed E-state index contributed by atoms with van der Waals surface area (Å²) >= 11 is 13.1. The molecule has 0 radical (unpaired) electrons. The van der Waals surface area contributed by atoms with E-state index in [4.69, 9.17) is 33.2 Å². The number of nitrogens with zero attached hydrogens (tertiary/aromatic N) is 2. The zero-order valence-electron chi connectivity index (χ0n) is 20.2. The molecule has 3 aromatic carbocycles. The van der Waals surface area contributed by atoms with E-state index >= 15 is 0 Å². The van der Waals surface area contributed by atoms with Gasteiger partial charge in [-0.05, 0) is 61.0 Å². The summed E-state index contributed by atoms with van der Waals surface area (Å²) in [5.41, 5.74) is 5.34. The van der Waals surface area contributed by atoms with Crippen molar-refractivity contribution in [2.24, 2.45) is 0 Å². The third-order valence-electron chi connectivity index (χ3n) is 6.27. The maximum Gasteiger partial charge on any atom is 0.255 e. The van der Waals surface area contributed by atoms with E-state index in [1.54, 1.807) is 29.6 Å². The third kappa shape index (κ3) is 5.18. The lowest BCUT2D eigenvalue weighted by Crippen LogP contribution is -2.20. The molecule has 39 heavy (non-hydrogen) atoms. The molecule has 3 unspecified atom stereocenters. The van der Waals surface area contributed by atoms with Crippen molar-refractivity contribution < 1.29 is 13.6 Å². The highest BCUT2D eigenvalue weighted by Gasteiger charge is 2.20. The van der Waals surface area contributed by atoms with Gasteiger partial charge in [0.1, 0.15) is 10.0 Å². The summed E-state index contributed by atoms with van der Waals surface area (Å²) in [5, 5.41) is 3.76. The quantitative estimate of drug-likeness (QED) is 0.156. The smallest absolute Gasteiger partial charge is 0.255 e. The Balaban J connectivity index is 1.24. The monoisotopic (exact) mass is 611 g/mol. The molecule has 0 saturated heterocycles. The molecule has 2 N–H and O–H groups in total. The molecule has 0 bridgehead atoms. The number of amides is 1. The van der Waals surface area contributed by atoms with Gasteiger partial charge in [-0.1, -0.05) is 24.3 Å². The third-order valence-corrected chi connectivity index (χ3v) is 10.4. The number of alkyl halides is 2. The number of benzene rings is 3. The first-order valence-corrected chi connectivity index (χ1v) is 15.4. The molecule has 0 spiro atoms. The highest BCUT2D eigenvalue weighted by molar-refractivity contribution is 7.79. The van der Waals surface area contributed by atoms with Gasteiger partial charge in [-0.3, -0.25) is 4.79 Å². The maximum absolute atomic E-state index is 12.6. The van der Waals surface area contributed by atoms with Crippen molar-refractivity contribution in [2.75, 3.05) is 5.32 Å². The molecule has 196 valence electrons. The summed E-state index contributed by atoms with van der Waals surface area (Å²) in [5.74, 6) is -0.247. The SMILES string of the molecule is Cc1ccc2nc(-c3ccc4nc(-c5ccc(NC(=O)C6=CC(Cl)C(Cl)C=C6)cc5)sc4c3)sc2c1S(=O)O. The van der Waals surface area contributed by atoms with E-state index in [-0.39, 0.29) is 11.3 Å². The second kappa shape index (κ2) is 10.6. The Morgan fingerprint density at radius 3 is 2.38 bits per heavy atom. The number of halogens is 2. The number of thiazole rings is 2. The summed E-state index contributed by atoms with van der Waals surface area (Å²) in [6.45, 7) is 1.82. The number of aromatic nitrogens is 2. The average Bonchev–Trinajstić information content (AvgIpc) is 3.54. The lowest BCUT2D eigenvalue weighted by atomic mass is 10.1. The summed E-state index contributed by atoms with van der Waals surface area (Å²) in [6, 6.07) is 17.2. The number of allylic oxidation sites excluding steroid dienone is 2. The fourth-order valence-corrected chi connectivity index (χ4v) is 7.63. The van der Waals surface area contributed by atoms with Crippen LogP contribution in [-0.2, 0) is 15.9 Å². The van der Waals surface area contributed by atoms with Gasteiger partial charge in [0.25, 0.3) is 5.91 Å². The van der Waals surface area contributed by atoms with Gasteiger partial charge in [-0.2, -0.15) is 0 Å². The van der Waals surface area contributed by atoms with E-state index < -0.39 is 16.5 Å². The molecule has 1 aliphatic rings. The standard InChI is InChI=1S/C28H19Cl2N3O3S3/c1-14-2-10-22-24(25(14)39(35)36)38-28(33-22)17-6-11-21-23(13-17)37-27(32-21)15-3-7-18(8-4-15)31-26(34)16-5-9-19(29)20(30)12-16/h2-13,19-20H,1H3,(H,31,34)(H,35,36). The molecule has 5 aromatic rings. The van der Waals surface area contributed by atoms with Crippen LogP contribution in [0.5, 0.6) is 0 Å². The van der Waals surface area contributed by atoms with Crippen LogP contribution in [0.3, 0.4) is 0 Å². The molecule has 2 aromatic heterocycles. The number of carbonyl (C=O) groups excluding carboxylic acids is 1. The Labute approximate surface area is 244 Å². The lowest BCUT2D eigenvalue weighted by molar-refractivity contribution is -0.112. The van der Waals surface area contributed by atoms with Crippen molar-refractivity contribution in [2.45, 2.75) is 22.6 Å². The fourth-order valence-electron chi connectivity index (χ4n) is 4.26. The first-order chi connectivity index (χ1) is 18.8. The van der Waals surface area contributed by atoms with E-state index in [2.05, 4.69) is 5.32 Å². The van der Waals surface area contributed by atoms with Gasteiger partial charge in [-0.25, -0.2) is 14.2 Å². The van der Waals surface area contributed by atoms with Crippen LogP contribution < -0.4 is 5.32 Å². The number of nitrogens with one attached hydrogen (secondary N) is 1. The summed E-state index contributed by atoms with van der Waals surface area (Å²) < 4.78 is 23.4. The minimum absolute atomic E-state index is 0.247. The first-order valence-electron chi connectivity index (χ1n) is 11.8. The van der Waals surface area contributed by atoms with Crippen LogP contribution in [0.1, 0.15) is 5.56 Å². The molecule has 11 heteroatoms. The molecule has 6 nitrogen and oxygen atoms in total. The Morgan fingerprint density at radius 1 is 0.949 bits per heavy atom. The van der Waals surface area contributed by atoms with Crippen molar-refractivity contribution in [1.29, 1.82) is 0 Å². The number of fused-ring (bicyclic) bond motifs is 2. The maximum atomic E-state index is 12.6. The molecule has 0 fully saturated rings. The van der Waals surface area contributed by atoms with E-state index in [1.165, 1.54) is 11.3 Å². The summed E-state index contributed by atoms with van der Waals surface area (Å²) in [7, 11) is 0. The van der Waals surface area contributed by atoms with Gasteiger partial charge in [0.2, 0.25) is 0 Å². The number of anilines is 1. The highest BCUT2D eigenvalue weighted by atomic mass is 35.5. The molecule has 1 aliphatic carbocycles. The topological polar surface area (TPSA) is 92.2 Å².